The largest absolute Gasteiger partial charge is 0.394 e. The number of unbranched alkanes of at least 4 members (excludes halogenated alkanes) is 6. The van der Waals surface area contributed by atoms with E-state index in [1.807, 2.05) is 6.08 Å². The van der Waals surface area contributed by atoms with Gasteiger partial charge in [-0.25, -0.2) is 0 Å². The number of allylic oxidation sites excluding steroid dienone is 1. The van der Waals surface area contributed by atoms with Gasteiger partial charge < -0.3 is 29.9 Å². The van der Waals surface area contributed by atoms with Crippen molar-refractivity contribution >= 4 is 0 Å². The van der Waals surface area contributed by atoms with Gasteiger partial charge in [-0.1, -0.05) is 31.8 Å². The number of aliphatic hydroxyl groups excluding tert-OH is 4. The number of hydrogen-bond donors (Lipinski definition) is 4. The molecule has 1 heterocycles. The van der Waals surface area contributed by atoms with Crippen molar-refractivity contribution < 1.29 is 29.9 Å². The lowest BCUT2D eigenvalue weighted by atomic mass is 9.99. The average molecular weight is 318 g/mol. The first-order valence-electron chi connectivity index (χ1n) is 8.14. The van der Waals surface area contributed by atoms with Crippen LogP contribution in [0, 0.1) is 0 Å². The van der Waals surface area contributed by atoms with Gasteiger partial charge in [0.1, 0.15) is 24.4 Å². The second-order valence-electron chi connectivity index (χ2n) is 5.77. The summed E-state index contributed by atoms with van der Waals surface area (Å²) in [4.78, 5) is 0. The van der Waals surface area contributed by atoms with Gasteiger partial charge in [0.15, 0.2) is 6.29 Å². The van der Waals surface area contributed by atoms with Gasteiger partial charge in [-0.05, 0) is 19.3 Å². The summed E-state index contributed by atoms with van der Waals surface area (Å²) in [7, 11) is 0. The van der Waals surface area contributed by atoms with E-state index in [4.69, 9.17) is 14.6 Å². The molecule has 0 aromatic carbocycles. The van der Waals surface area contributed by atoms with Gasteiger partial charge in [0.25, 0.3) is 0 Å². The number of rotatable bonds is 11. The molecule has 6 nitrogen and oxygen atoms in total. The molecule has 4 N–H and O–H groups in total. The Morgan fingerprint density at radius 1 is 0.909 bits per heavy atom. The van der Waals surface area contributed by atoms with Crippen LogP contribution in [0.1, 0.15) is 44.9 Å². The smallest absolute Gasteiger partial charge is 0.186 e. The first-order valence-corrected chi connectivity index (χ1v) is 8.14. The number of hydrogen-bond acceptors (Lipinski definition) is 6. The Balaban J connectivity index is 2.12. The Bertz CT molecular complexity index is 296. The lowest BCUT2D eigenvalue weighted by Gasteiger charge is -2.39. The van der Waals surface area contributed by atoms with Crippen LogP contribution in [0.15, 0.2) is 12.7 Å². The molecule has 0 spiro atoms. The minimum Gasteiger partial charge on any atom is -0.394 e. The molecular formula is C16H30O6. The topological polar surface area (TPSA) is 99.4 Å². The molecular weight excluding hydrogens is 288 g/mol. The lowest BCUT2D eigenvalue weighted by Crippen LogP contribution is -2.59. The molecule has 1 fully saturated rings. The number of aliphatic hydroxyl groups is 4. The predicted molar refractivity (Wildman–Crippen MR) is 82.2 cm³/mol. The van der Waals surface area contributed by atoms with Gasteiger partial charge in [0.2, 0.25) is 0 Å². The van der Waals surface area contributed by atoms with Crippen LogP contribution in [0.5, 0.6) is 0 Å². The molecule has 0 aliphatic carbocycles. The molecule has 1 rings (SSSR count). The van der Waals surface area contributed by atoms with E-state index in [1.54, 1.807) is 0 Å². The standard InChI is InChI=1S/C16H30O6/c1-2-3-4-5-6-7-8-9-10-21-16-15(20)14(19)13(18)12(11-17)22-16/h2,12-20H,1,3-11H2/t12-,13-,14+,15+,16+/m1/s1. The molecule has 130 valence electrons. The summed E-state index contributed by atoms with van der Waals surface area (Å²) in [5, 5.41) is 38.2. The first kappa shape index (κ1) is 19.5. The molecule has 0 aromatic heterocycles. The summed E-state index contributed by atoms with van der Waals surface area (Å²) in [5.41, 5.74) is 0. The number of ether oxygens (including phenoxy) is 2. The van der Waals surface area contributed by atoms with Crippen molar-refractivity contribution in [2.75, 3.05) is 13.2 Å². The Labute approximate surface area is 132 Å². The maximum absolute atomic E-state index is 9.79. The van der Waals surface area contributed by atoms with Crippen molar-refractivity contribution in [1.29, 1.82) is 0 Å². The fourth-order valence-corrected chi connectivity index (χ4v) is 2.50. The van der Waals surface area contributed by atoms with Gasteiger partial charge in [0.05, 0.1) is 6.61 Å². The SMILES string of the molecule is C=CCCCCCCCCO[C@H]1O[C@H](CO)[C@@H](O)[C@H](O)[C@@H]1O. The van der Waals surface area contributed by atoms with Crippen LogP contribution in [-0.2, 0) is 9.47 Å². The quantitative estimate of drug-likeness (QED) is 0.331. The van der Waals surface area contributed by atoms with Gasteiger partial charge >= 0.3 is 0 Å². The second-order valence-corrected chi connectivity index (χ2v) is 5.77. The summed E-state index contributed by atoms with van der Waals surface area (Å²) in [6.07, 6.45) is 3.66. The maximum Gasteiger partial charge on any atom is 0.186 e. The summed E-state index contributed by atoms with van der Waals surface area (Å²) < 4.78 is 10.7. The van der Waals surface area contributed by atoms with Crippen LogP contribution < -0.4 is 0 Å². The predicted octanol–water partition coefficient (Wildman–Crippen LogP) is 0.720. The summed E-state index contributed by atoms with van der Waals surface area (Å²) in [5.74, 6) is 0. The van der Waals surface area contributed by atoms with Crippen LogP contribution in [-0.4, -0.2) is 64.3 Å². The monoisotopic (exact) mass is 318 g/mol. The van der Waals surface area contributed by atoms with Crippen molar-refractivity contribution in [3.8, 4) is 0 Å². The summed E-state index contributed by atoms with van der Waals surface area (Å²) in [6, 6.07) is 0. The van der Waals surface area contributed by atoms with Gasteiger partial charge in [-0.2, -0.15) is 0 Å². The zero-order valence-electron chi connectivity index (χ0n) is 13.1. The third-order valence-electron chi connectivity index (χ3n) is 3.93. The van der Waals surface area contributed by atoms with E-state index in [0.717, 1.165) is 25.7 Å². The minimum absolute atomic E-state index is 0.412. The molecule has 5 atom stereocenters. The van der Waals surface area contributed by atoms with E-state index >= 15 is 0 Å². The Morgan fingerprint density at radius 3 is 2.18 bits per heavy atom. The fraction of sp³-hybridized carbons (Fsp3) is 0.875. The molecule has 1 aliphatic rings. The summed E-state index contributed by atoms with van der Waals surface area (Å²) >= 11 is 0. The van der Waals surface area contributed by atoms with Gasteiger partial charge in [-0.3, -0.25) is 0 Å². The molecule has 0 aromatic rings. The highest BCUT2D eigenvalue weighted by Crippen LogP contribution is 2.22. The van der Waals surface area contributed by atoms with E-state index in [-0.39, 0.29) is 0 Å². The zero-order chi connectivity index (χ0) is 16.4. The molecule has 1 aliphatic heterocycles. The van der Waals surface area contributed by atoms with E-state index in [9.17, 15) is 15.3 Å². The van der Waals surface area contributed by atoms with Crippen LogP contribution in [0.25, 0.3) is 0 Å². The third-order valence-corrected chi connectivity index (χ3v) is 3.93. The highest BCUT2D eigenvalue weighted by molar-refractivity contribution is 4.88. The average Bonchev–Trinajstić information content (AvgIpc) is 2.53. The van der Waals surface area contributed by atoms with E-state index in [1.165, 1.54) is 19.3 Å². The molecule has 1 saturated heterocycles. The Morgan fingerprint density at radius 2 is 1.55 bits per heavy atom. The Kier molecular flexibility index (Phi) is 9.86. The molecule has 0 saturated carbocycles. The van der Waals surface area contributed by atoms with Gasteiger partial charge in [0, 0.05) is 6.61 Å². The van der Waals surface area contributed by atoms with E-state index in [2.05, 4.69) is 6.58 Å². The molecule has 0 radical (unpaired) electrons. The van der Waals surface area contributed by atoms with E-state index in [0.29, 0.717) is 6.61 Å². The Hall–Kier alpha value is -0.500. The van der Waals surface area contributed by atoms with E-state index < -0.39 is 37.3 Å². The van der Waals surface area contributed by atoms with Gasteiger partial charge in [-0.15, -0.1) is 6.58 Å². The van der Waals surface area contributed by atoms with Crippen molar-refractivity contribution in [2.24, 2.45) is 0 Å². The molecule has 6 heteroatoms. The fourth-order valence-electron chi connectivity index (χ4n) is 2.50. The van der Waals surface area contributed by atoms with Crippen molar-refractivity contribution in [3.63, 3.8) is 0 Å². The van der Waals surface area contributed by atoms with Crippen molar-refractivity contribution in [3.05, 3.63) is 12.7 Å². The molecule has 0 bridgehead atoms. The third kappa shape index (κ3) is 6.32. The zero-order valence-corrected chi connectivity index (χ0v) is 13.1. The lowest BCUT2D eigenvalue weighted by molar-refractivity contribution is -0.301. The maximum atomic E-state index is 9.79. The molecule has 0 unspecified atom stereocenters. The van der Waals surface area contributed by atoms with Crippen molar-refractivity contribution in [2.45, 2.75) is 75.7 Å². The van der Waals surface area contributed by atoms with Crippen LogP contribution in [0.4, 0.5) is 0 Å². The normalized spacial score (nSPS) is 32.1. The highest BCUT2D eigenvalue weighted by Gasteiger charge is 2.43. The summed E-state index contributed by atoms with van der Waals surface area (Å²) in [6.45, 7) is 3.67. The molecule has 22 heavy (non-hydrogen) atoms. The molecule has 0 amide bonds. The second kappa shape index (κ2) is 11.1. The minimum atomic E-state index is -1.37. The van der Waals surface area contributed by atoms with Crippen LogP contribution in [0.2, 0.25) is 0 Å². The highest BCUT2D eigenvalue weighted by atomic mass is 16.7. The van der Waals surface area contributed by atoms with Crippen LogP contribution >= 0.6 is 0 Å². The van der Waals surface area contributed by atoms with Crippen molar-refractivity contribution in [1.82, 2.24) is 0 Å². The first-order chi connectivity index (χ1) is 10.6. The van der Waals surface area contributed by atoms with Crippen LogP contribution in [0.3, 0.4) is 0 Å².